The normalized spacial score (nSPS) is 19.4. The molecule has 40 heavy (non-hydrogen) atoms. The van der Waals surface area contributed by atoms with Crippen LogP contribution in [0.25, 0.3) is 0 Å². The van der Waals surface area contributed by atoms with Crippen molar-refractivity contribution < 1.29 is 41.5 Å². The molecule has 214 valence electrons. The van der Waals surface area contributed by atoms with Crippen LogP contribution in [0, 0.1) is 5.82 Å². The topological polar surface area (TPSA) is 122 Å². The molecule has 3 N–H and O–H groups in total. The number of fused-ring (bicyclic) bond motifs is 2. The largest absolute Gasteiger partial charge is 0.427 e. The second kappa shape index (κ2) is 10.2. The van der Waals surface area contributed by atoms with Crippen molar-refractivity contribution >= 4 is 29.5 Å². The van der Waals surface area contributed by atoms with Crippen LogP contribution >= 0.6 is 0 Å². The van der Waals surface area contributed by atoms with Gasteiger partial charge in [0.1, 0.15) is 18.4 Å². The van der Waals surface area contributed by atoms with Crippen LogP contribution in [-0.4, -0.2) is 57.9 Å². The van der Waals surface area contributed by atoms with Crippen LogP contribution in [-0.2, 0) is 37.7 Å². The Morgan fingerprint density at radius 1 is 1.15 bits per heavy atom. The van der Waals surface area contributed by atoms with Gasteiger partial charge in [0.05, 0.1) is 5.54 Å². The Kier molecular flexibility index (Phi) is 7.39. The van der Waals surface area contributed by atoms with Crippen LogP contribution in [0.1, 0.15) is 43.9 Å². The molecule has 1 fully saturated rings. The maximum Gasteiger partial charge on any atom is 0.418 e. The molecule has 13 heteroatoms. The van der Waals surface area contributed by atoms with Crippen molar-refractivity contribution in [1.82, 2.24) is 9.80 Å². The molecule has 1 aliphatic carbocycles. The van der Waals surface area contributed by atoms with E-state index in [0.717, 1.165) is 19.1 Å². The number of halogens is 4. The van der Waals surface area contributed by atoms with Crippen molar-refractivity contribution in [2.45, 2.75) is 63.5 Å². The van der Waals surface area contributed by atoms with Crippen LogP contribution in [0.2, 0.25) is 0 Å². The maximum atomic E-state index is 13.6. The van der Waals surface area contributed by atoms with Crippen LogP contribution in [0.4, 0.5) is 28.0 Å². The molecule has 1 unspecified atom stereocenters. The van der Waals surface area contributed by atoms with Gasteiger partial charge in [0, 0.05) is 24.2 Å². The van der Waals surface area contributed by atoms with E-state index in [2.05, 4.69) is 5.32 Å². The van der Waals surface area contributed by atoms with Gasteiger partial charge in [-0.2, -0.15) is 13.2 Å². The van der Waals surface area contributed by atoms with Gasteiger partial charge in [-0.05, 0) is 62.6 Å². The zero-order valence-corrected chi connectivity index (χ0v) is 22.0. The van der Waals surface area contributed by atoms with E-state index in [1.807, 2.05) is 0 Å². The number of nitrogens with one attached hydrogen (secondary N) is 1. The van der Waals surface area contributed by atoms with Crippen molar-refractivity contribution in [1.29, 1.82) is 0 Å². The fourth-order valence-electron chi connectivity index (χ4n) is 4.65. The highest BCUT2D eigenvalue weighted by Crippen LogP contribution is 2.46. The monoisotopic (exact) mass is 564 g/mol. The van der Waals surface area contributed by atoms with Crippen molar-refractivity contribution in [3.05, 3.63) is 65.0 Å². The standard InChI is InChI=1S/C27H28F4N4O5/c1-15(27(29,30)31)34(13-16-4-6-18(28)7-5-16)21(36)14-35-23(38)26(40-24(35)39)11-10-17-12-19(8-9-20(17)26)33-22(37)25(2,3)32/h4-9,12,15H,10-11,13-14,32H2,1-3H3,(H,33,37)/t15-,26?/m0/s1. The van der Waals surface area contributed by atoms with Gasteiger partial charge in [-0.15, -0.1) is 0 Å². The lowest BCUT2D eigenvalue weighted by Crippen LogP contribution is -2.51. The Bertz CT molecular complexity index is 1360. The number of carbonyl (C=O) groups excluding carboxylic acids is 4. The summed E-state index contributed by atoms with van der Waals surface area (Å²) in [6.45, 7) is 2.35. The number of imide groups is 1. The summed E-state index contributed by atoms with van der Waals surface area (Å²) in [7, 11) is 0. The summed E-state index contributed by atoms with van der Waals surface area (Å²) >= 11 is 0. The number of carbonyl (C=O) groups is 4. The molecule has 0 bridgehead atoms. The Morgan fingerprint density at radius 3 is 2.40 bits per heavy atom. The van der Waals surface area contributed by atoms with Gasteiger partial charge in [0.25, 0.3) is 5.91 Å². The Balaban J connectivity index is 1.55. The predicted molar refractivity (Wildman–Crippen MR) is 134 cm³/mol. The van der Waals surface area contributed by atoms with E-state index >= 15 is 0 Å². The molecule has 4 amide bonds. The average Bonchev–Trinajstić information content (AvgIpc) is 3.34. The Labute approximate surface area is 227 Å². The highest BCUT2D eigenvalue weighted by atomic mass is 19.4. The van der Waals surface area contributed by atoms with Crippen LogP contribution in [0.5, 0.6) is 0 Å². The van der Waals surface area contributed by atoms with Crippen molar-refractivity contribution in [2.24, 2.45) is 5.73 Å². The van der Waals surface area contributed by atoms with Gasteiger partial charge in [-0.25, -0.2) is 14.1 Å². The lowest BCUT2D eigenvalue weighted by molar-refractivity contribution is -0.187. The molecule has 1 aliphatic heterocycles. The van der Waals surface area contributed by atoms with E-state index in [4.69, 9.17) is 10.5 Å². The number of hydrogen-bond acceptors (Lipinski definition) is 6. The number of alkyl halides is 3. The molecule has 2 aliphatic rings. The quantitative estimate of drug-likeness (QED) is 0.496. The van der Waals surface area contributed by atoms with Crippen LogP contribution in [0.3, 0.4) is 0 Å². The number of nitrogens with two attached hydrogens (primary N) is 1. The van der Waals surface area contributed by atoms with Gasteiger partial charge in [-0.1, -0.05) is 18.2 Å². The number of nitrogens with zero attached hydrogens (tertiary/aromatic N) is 2. The van der Waals surface area contributed by atoms with E-state index < -0.39 is 66.1 Å². The molecule has 1 spiro atoms. The third kappa shape index (κ3) is 5.51. The van der Waals surface area contributed by atoms with Gasteiger partial charge < -0.3 is 20.7 Å². The molecular weight excluding hydrogens is 536 g/mol. The zero-order chi connectivity index (χ0) is 29.6. The first-order valence-corrected chi connectivity index (χ1v) is 12.4. The Morgan fingerprint density at radius 2 is 1.80 bits per heavy atom. The number of benzene rings is 2. The SMILES string of the molecule is C[C@H](N(Cc1ccc(F)cc1)C(=O)CN1C(=O)OC2(CCc3cc(NC(=O)C(C)(C)N)ccc32)C1=O)C(F)(F)F. The van der Waals surface area contributed by atoms with Crippen molar-refractivity contribution in [2.75, 3.05) is 11.9 Å². The maximum absolute atomic E-state index is 13.6. The molecule has 0 radical (unpaired) electrons. The van der Waals surface area contributed by atoms with Crippen LogP contribution in [0.15, 0.2) is 42.5 Å². The van der Waals surface area contributed by atoms with E-state index in [0.29, 0.717) is 33.0 Å². The molecule has 2 atom stereocenters. The second-order valence-corrected chi connectivity index (χ2v) is 10.5. The first-order valence-electron chi connectivity index (χ1n) is 12.4. The molecule has 9 nitrogen and oxygen atoms in total. The summed E-state index contributed by atoms with van der Waals surface area (Å²) in [5.74, 6) is -3.05. The Hall–Kier alpha value is -4.00. The molecule has 1 saturated heterocycles. The van der Waals surface area contributed by atoms with E-state index in [9.17, 15) is 36.7 Å². The molecule has 2 aromatic carbocycles. The van der Waals surface area contributed by atoms with E-state index in [1.165, 1.54) is 38.1 Å². The number of amides is 4. The summed E-state index contributed by atoms with van der Waals surface area (Å²) < 4.78 is 59.6. The lowest BCUT2D eigenvalue weighted by Gasteiger charge is -2.31. The number of aryl methyl sites for hydroxylation is 1. The summed E-state index contributed by atoms with van der Waals surface area (Å²) in [5, 5.41) is 2.67. The summed E-state index contributed by atoms with van der Waals surface area (Å²) in [6.07, 6.45) is -5.61. The van der Waals surface area contributed by atoms with E-state index in [1.54, 1.807) is 6.07 Å². The highest BCUT2D eigenvalue weighted by Gasteiger charge is 2.58. The summed E-state index contributed by atoms with van der Waals surface area (Å²) in [6, 6.07) is 6.97. The molecule has 4 rings (SSSR count). The van der Waals surface area contributed by atoms with Gasteiger partial charge >= 0.3 is 12.3 Å². The fraction of sp³-hybridized carbons (Fsp3) is 0.407. The highest BCUT2D eigenvalue weighted by molar-refractivity contribution is 6.06. The minimum Gasteiger partial charge on any atom is -0.427 e. The second-order valence-electron chi connectivity index (χ2n) is 10.5. The molecule has 2 aromatic rings. The first-order chi connectivity index (χ1) is 18.5. The number of ether oxygens (including phenoxy) is 1. The third-order valence-corrected chi connectivity index (χ3v) is 7.02. The van der Waals surface area contributed by atoms with Gasteiger partial charge in [-0.3, -0.25) is 14.4 Å². The zero-order valence-electron chi connectivity index (χ0n) is 22.0. The van der Waals surface area contributed by atoms with Gasteiger partial charge in [0.15, 0.2) is 0 Å². The molecule has 1 heterocycles. The molecule has 0 aromatic heterocycles. The number of anilines is 1. The van der Waals surface area contributed by atoms with Crippen molar-refractivity contribution in [3.63, 3.8) is 0 Å². The van der Waals surface area contributed by atoms with Crippen LogP contribution < -0.4 is 11.1 Å². The minimum absolute atomic E-state index is 0.0512. The van der Waals surface area contributed by atoms with Crippen molar-refractivity contribution in [3.8, 4) is 0 Å². The summed E-state index contributed by atoms with van der Waals surface area (Å²) in [5.41, 5.74) is 4.55. The predicted octanol–water partition coefficient (Wildman–Crippen LogP) is 3.60. The summed E-state index contributed by atoms with van der Waals surface area (Å²) in [4.78, 5) is 52.6. The third-order valence-electron chi connectivity index (χ3n) is 7.02. The first kappa shape index (κ1) is 29.0. The minimum atomic E-state index is -4.80. The van der Waals surface area contributed by atoms with Gasteiger partial charge in [0.2, 0.25) is 17.4 Å². The number of rotatable bonds is 7. The smallest absolute Gasteiger partial charge is 0.418 e. The number of hydrogen-bond donors (Lipinski definition) is 2. The molecular formula is C27H28F4N4O5. The lowest BCUT2D eigenvalue weighted by atomic mass is 9.94. The van der Waals surface area contributed by atoms with E-state index in [-0.39, 0.29) is 12.0 Å². The fourth-order valence-corrected chi connectivity index (χ4v) is 4.65. The molecule has 0 saturated carbocycles. The average molecular weight is 565 g/mol.